The minimum atomic E-state index is -4.85. The largest absolute Gasteiger partial charge is 0.573 e. The van der Waals surface area contributed by atoms with Gasteiger partial charge < -0.3 is 9.47 Å². The van der Waals surface area contributed by atoms with Crippen molar-refractivity contribution in [3.63, 3.8) is 0 Å². The van der Waals surface area contributed by atoms with Gasteiger partial charge in [-0.25, -0.2) is 4.98 Å². The fourth-order valence-corrected chi connectivity index (χ4v) is 2.88. The van der Waals surface area contributed by atoms with Gasteiger partial charge in [0.25, 0.3) is 0 Å². The highest BCUT2D eigenvalue weighted by atomic mass is 19.4. The number of halogens is 6. The molecule has 0 unspecified atom stereocenters. The quantitative estimate of drug-likeness (QED) is 0.420. The summed E-state index contributed by atoms with van der Waals surface area (Å²) < 4.78 is 86.3. The summed E-state index contributed by atoms with van der Waals surface area (Å²) in [6.45, 7) is 0. The lowest BCUT2D eigenvalue weighted by Gasteiger charge is -2.10. The van der Waals surface area contributed by atoms with Gasteiger partial charge in [-0.05, 0) is 29.3 Å². The van der Waals surface area contributed by atoms with Gasteiger partial charge in [-0.1, -0.05) is 18.2 Å². The van der Waals surface area contributed by atoms with E-state index in [2.05, 4.69) is 14.5 Å². The summed E-state index contributed by atoms with van der Waals surface area (Å²) in [5, 5.41) is 0. The van der Waals surface area contributed by atoms with Crippen LogP contribution in [-0.2, 0) is 22.1 Å². The van der Waals surface area contributed by atoms with Crippen molar-refractivity contribution >= 4 is 11.5 Å². The Morgan fingerprint density at radius 2 is 1.63 bits per heavy atom. The molecule has 30 heavy (non-hydrogen) atoms. The molecular weight excluding hydrogens is 418 g/mol. The number of carbonyl (C=O) groups is 1. The zero-order valence-corrected chi connectivity index (χ0v) is 15.3. The van der Waals surface area contributed by atoms with Gasteiger partial charge in [0.15, 0.2) is 0 Å². The molecular formula is C19H14F6N2O3. The van der Waals surface area contributed by atoms with E-state index in [0.717, 1.165) is 16.5 Å². The Morgan fingerprint density at radius 1 is 1.00 bits per heavy atom. The molecule has 0 aliphatic rings. The summed E-state index contributed by atoms with van der Waals surface area (Å²) in [7, 11) is 1.17. The Balaban J connectivity index is 1.99. The Hall–Kier alpha value is -3.24. The Labute approximate surface area is 165 Å². The van der Waals surface area contributed by atoms with E-state index in [1.807, 2.05) is 0 Å². The first kappa shape index (κ1) is 21.5. The van der Waals surface area contributed by atoms with Crippen LogP contribution in [0.1, 0.15) is 17.9 Å². The molecule has 0 aliphatic heterocycles. The third-order valence-corrected chi connectivity index (χ3v) is 4.18. The first-order valence-corrected chi connectivity index (χ1v) is 8.49. The molecule has 3 rings (SSSR count). The first-order valence-electron chi connectivity index (χ1n) is 8.49. The fourth-order valence-electron chi connectivity index (χ4n) is 2.88. The maximum absolute atomic E-state index is 13.4. The van der Waals surface area contributed by atoms with Crippen molar-refractivity contribution in [1.82, 2.24) is 9.38 Å². The van der Waals surface area contributed by atoms with E-state index in [1.165, 1.54) is 37.6 Å². The van der Waals surface area contributed by atoms with Gasteiger partial charge >= 0.3 is 18.5 Å². The molecule has 0 aliphatic carbocycles. The lowest BCUT2D eigenvalue weighted by molar-refractivity contribution is -0.274. The van der Waals surface area contributed by atoms with Crippen molar-refractivity contribution in [3.8, 4) is 16.9 Å². The van der Waals surface area contributed by atoms with Crippen LogP contribution in [0.5, 0.6) is 5.75 Å². The number of fused-ring (bicyclic) bond motifs is 1. The van der Waals surface area contributed by atoms with Crippen molar-refractivity contribution < 1.29 is 40.6 Å². The standard InChI is InChI=1S/C19H14F6N2O3/c1-29-16(28)9-7-14-15-8-4-12(10-27(15)17(26-14)18(20,21)22)11-2-5-13(6-3-11)30-19(23,24)25/h2-6,8,10H,7,9H2,1H3. The Kier molecular flexibility index (Phi) is 5.64. The van der Waals surface area contributed by atoms with Crippen LogP contribution in [-0.4, -0.2) is 28.8 Å². The highest BCUT2D eigenvalue weighted by Crippen LogP contribution is 2.33. The van der Waals surface area contributed by atoms with Crippen LogP contribution in [0.15, 0.2) is 42.6 Å². The minimum Gasteiger partial charge on any atom is -0.469 e. The van der Waals surface area contributed by atoms with Crippen LogP contribution in [0.3, 0.4) is 0 Å². The SMILES string of the molecule is COC(=O)CCc1nc(C(F)(F)F)n2cc(-c3ccc(OC(F)(F)F)cc3)ccc12. The lowest BCUT2D eigenvalue weighted by atomic mass is 10.1. The molecule has 2 aromatic heterocycles. The van der Waals surface area contributed by atoms with Crippen LogP contribution >= 0.6 is 0 Å². The number of ether oxygens (including phenoxy) is 2. The van der Waals surface area contributed by atoms with E-state index in [9.17, 15) is 31.1 Å². The number of benzene rings is 1. The zero-order chi connectivity index (χ0) is 22.1. The molecule has 0 saturated carbocycles. The summed E-state index contributed by atoms with van der Waals surface area (Å²) in [6.07, 6.45) is -8.60. The molecule has 2 heterocycles. The van der Waals surface area contributed by atoms with E-state index < -0.39 is 30.1 Å². The fraction of sp³-hybridized carbons (Fsp3) is 0.263. The van der Waals surface area contributed by atoms with Crippen molar-refractivity contribution in [1.29, 1.82) is 0 Å². The molecule has 0 radical (unpaired) electrons. The van der Waals surface area contributed by atoms with Crippen molar-refractivity contribution in [2.45, 2.75) is 25.4 Å². The second kappa shape index (κ2) is 7.88. The highest BCUT2D eigenvalue weighted by molar-refractivity contribution is 5.71. The number of alkyl halides is 6. The first-order chi connectivity index (χ1) is 14.0. The number of rotatable bonds is 5. The van der Waals surface area contributed by atoms with Crippen LogP contribution in [0.2, 0.25) is 0 Å². The number of hydrogen-bond acceptors (Lipinski definition) is 4. The van der Waals surface area contributed by atoms with Gasteiger partial charge in [-0.15, -0.1) is 13.2 Å². The summed E-state index contributed by atoms with van der Waals surface area (Å²) in [4.78, 5) is 15.0. The van der Waals surface area contributed by atoms with E-state index in [-0.39, 0.29) is 24.1 Å². The molecule has 0 amide bonds. The third-order valence-electron chi connectivity index (χ3n) is 4.18. The lowest BCUT2D eigenvalue weighted by Crippen LogP contribution is -2.16. The normalized spacial score (nSPS) is 12.2. The predicted molar refractivity (Wildman–Crippen MR) is 92.7 cm³/mol. The molecule has 0 atom stereocenters. The number of esters is 1. The Morgan fingerprint density at radius 3 is 2.20 bits per heavy atom. The predicted octanol–water partition coefficient (Wildman–Crippen LogP) is 5.02. The second-order valence-electron chi connectivity index (χ2n) is 6.20. The number of carbonyl (C=O) groups excluding carboxylic acids is 1. The molecule has 0 fully saturated rings. The number of aromatic nitrogens is 2. The third kappa shape index (κ3) is 4.84. The summed E-state index contributed by atoms with van der Waals surface area (Å²) in [5.74, 6) is -2.20. The van der Waals surface area contributed by atoms with Gasteiger partial charge in [0.1, 0.15) is 5.75 Å². The molecule has 160 valence electrons. The average molecular weight is 432 g/mol. The molecule has 0 bridgehead atoms. The van der Waals surface area contributed by atoms with E-state index in [1.54, 1.807) is 0 Å². The molecule has 0 N–H and O–H groups in total. The van der Waals surface area contributed by atoms with Gasteiger partial charge in [-0.3, -0.25) is 9.20 Å². The summed E-state index contributed by atoms with van der Waals surface area (Å²) >= 11 is 0. The number of methoxy groups -OCH3 is 1. The van der Waals surface area contributed by atoms with Crippen molar-refractivity contribution in [3.05, 3.63) is 54.1 Å². The smallest absolute Gasteiger partial charge is 0.469 e. The minimum absolute atomic E-state index is 0.0465. The molecule has 0 saturated heterocycles. The molecule has 0 spiro atoms. The zero-order valence-electron chi connectivity index (χ0n) is 15.3. The van der Waals surface area contributed by atoms with Crippen molar-refractivity contribution in [2.24, 2.45) is 0 Å². The molecule has 1 aromatic carbocycles. The number of nitrogens with zero attached hydrogens (tertiary/aromatic N) is 2. The molecule has 3 aromatic rings. The topological polar surface area (TPSA) is 52.8 Å². The maximum atomic E-state index is 13.4. The summed E-state index contributed by atoms with van der Waals surface area (Å²) in [6, 6.07) is 7.64. The van der Waals surface area contributed by atoms with Crippen molar-refractivity contribution in [2.75, 3.05) is 7.11 Å². The number of imidazole rings is 1. The summed E-state index contributed by atoms with van der Waals surface area (Å²) in [5.41, 5.74) is 0.938. The number of pyridine rings is 1. The molecule has 5 nitrogen and oxygen atoms in total. The Bertz CT molecular complexity index is 1060. The van der Waals surface area contributed by atoms with Crippen LogP contribution in [0, 0.1) is 0 Å². The van der Waals surface area contributed by atoms with E-state index in [4.69, 9.17) is 0 Å². The van der Waals surface area contributed by atoms with Crippen LogP contribution in [0.4, 0.5) is 26.3 Å². The monoisotopic (exact) mass is 432 g/mol. The van der Waals surface area contributed by atoms with Gasteiger partial charge in [0.05, 0.1) is 24.7 Å². The number of hydrogen-bond donors (Lipinski definition) is 0. The van der Waals surface area contributed by atoms with E-state index in [0.29, 0.717) is 11.1 Å². The average Bonchev–Trinajstić information content (AvgIpc) is 3.03. The van der Waals surface area contributed by atoms with Gasteiger partial charge in [0, 0.05) is 12.6 Å². The van der Waals surface area contributed by atoms with Crippen LogP contribution in [0.25, 0.3) is 16.6 Å². The molecule has 11 heteroatoms. The van der Waals surface area contributed by atoms with Crippen LogP contribution < -0.4 is 4.74 Å². The van der Waals surface area contributed by atoms with E-state index >= 15 is 0 Å². The van der Waals surface area contributed by atoms with Gasteiger partial charge in [-0.2, -0.15) is 13.2 Å². The maximum Gasteiger partial charge on any atom is 0.573 e. The second-order valence-corrected chi connectivity index (χ2v) is 6.20. The highest BCUT2D eigenvalue weighted by Gasteiger charge is 2.37. The van der Waals surface area contributed by atoms with Gasteiger partial charge in [0.2, 0.25) is 5.82 Å². The number of aryl methyl sites for hydroxylation is 1.